The number of nitrogens with two attached hydrogens (primary N) is 1. The average Bonchev–Trinajstić information content (AvgIpc) is 3.10. The van der Waals surface area contributed by atoms with Gasteiger partial charge in [-0.15, -0.1) is 0 Å². The van der Waals surface area contributed by atoms with Crippen molar-refractivity contribution in [1.82, 2.24) is 9.71 Å². The summed E-state index contributed by atoms with van der Waals surface area (Å²) in [6, 6.07) is 1.36. The third-order valence-corrected chi connectivity index (χ3v) is 4.63. The number of aromatic nitrogens is 1. The van der Waals surface area contributed by atoms with E-state index in [1.807, 2.05) is 0 Å². The topological polar surface area (TPSA) is 85.1 Å². The fourth-order valence-corrected chi connectivity index (χ4v) is 3.46. The molecule has 1 aromatic heterocycles. The van der Waals surface area contributed by atoms with E-state index in [0.717, 1.165) is 12.8 Å². The lowest BCUT2D eigenvalue weighted by Gasteiger charge is -2.16. The van der Waals surface area contributed by atoms with Crippen LogP contribution in [-0.4, -0.2) is 26.0 Å². The highest BCUT2D eigenvalue weighted by molar-refractivity contribution is 9.10. The van der Waals surface area contributed by atoms with Gasteiger partial charge in [-0.2, -0.15) is 0 Å². The molecule has 0 bridgehead atoms. The molecule has 0 amide bonds. The predicted molar refractivity (Wildman–Crippen MR) is 67.8 cm³/mol. The van der Waals surface area contributed by atoms with Crippen molar-refractivity contribution >= 4 is 26.0 Å². The molecule has 1 aromatic rings. The Morgan fingerprint density at radius 2 is 2.24 bits per heavy atom. The van der Waals surface area contributed by atoms with Crippen LogP contribution in [0.4, 0.5) is 0 Å². The number of halogens is 1. The lowest BCUT2D eigenvalue weighted by Crippen LogP contribution is -2.41. The van der Waals surface area contributed by atoms with Crippen LogP contribution < -0.4 is 10.5 Å². The van der Waals surface area contributed by atoms with Gasteiger partial charge in [0.15, 0.2) is 0 Å². The van der Waals surface area contributed by atoms with Gasteiger partial charge in [0.25, 0.3) is 0 Å². The number of nitrogens with zero attached hydrogens (tertiary/aromatic N) is 1. The van der Waals surface area contributed by atoms with Gasteiger partial charge < -0.3 is 5.73 Å². The van der Waals surface area contributed by atoms with Gasteiger partial charge in [-0.25, -0.2) is 13.1 Å². The molecule has 1 aliphatic rings. The maximum absolute atomic E-state index is 12.1. The quantitative estimate of drug-likeness (QED) is 0.843. The van der Waals surface area contributed by atoms with E-state index in [2.05, 4.69) is 25.6 Å². The summed E-state index contributed by atoms with van der Waals surface area (Å²) >= 11 is 3.20. The molecular weight excluding hydrogens is 306 g/mol. The third-order valence-electron chi connectivity index (χ3n) is 2.74. The minimum absolute atomic E-state index is 0.158. The minimum Gasteiger partial charge on any atom is -0.329 e. The first-order chi connectivity index (χ1) is 8.03. The van der Waals surface area contributed by atoms with Crippen LogP contribution in [0.3, 0.4) is 0 Å². The van der Waals surface area contributed by atoms with Gasteiger partial charge in [0, 0.05) is 29.5 Å². The van der Waals surface area contributed by atoms with E-state index in [-0.39, 0.29) is 10.9 Å². The first-order valence-electron chi connectivity index (χ1n) is 5.36. The van der Waals surface area contributed by atoms with Crippen LogP contribution in [0.25, 0.3) is 0 Å². The molecule has 1 atom stereocenters. The Hall–Kier alpha value is -0.500. The Morgan fingerprint density at radius 1 is 1.53 bits per heavy atom. The zero-order valence-electron chi connectivity index (χ0n) is 9.14. The van der Waals surface area contributed by atoms with Crippen LogP contribution >= 0.6 is 15.9 Å². The average molecular weight is 320 g/mol. The Balaban J connectivity index is 2.18. The highest BCUT2D eigenvalue weighted by Crippen LogP contribution is 2.32. The third kappa shape index (κ3) is 3.25. The predicted octanol–water partition coefficient (Wildman–Crippen LogP) is 0.860. The Morgan fingerprint density at radius 3 is 2.76 bits per heavy atom. The van der Waals surface area contributed by atoms with Crippen molar-refractivity contribution in [3.8, 4) is 0 Å². The smallest absolute Gasteiger partial charge is 0.242 e. The number of hydrogen-bond donors (Lipinski definition) is 2. The molecule has 1 unspecified atom stereocenters. The number of sulfonamides is 1. The van der Waals surface area contributed by atoms with Gasteiger partial charge >= 0.3 is 0 Å². The van der Waals surface area contributed by atoms with Gasteiger partial charge in [-0.3, -0.25) is 4.98 Å². The van der Waals surface area contributed by atoms with E-state index in [4.69, 9.17) is 5.73 Å². The molecular formula is C10H14BrN3O2S. The molecule has 0 spiro atoms. The monoisotopic (exact) mass is 319 g/mol. The number of hydrogen-bond acceptors (Lipinski definition) is 4. The largest absolute Gasteiger partial charge is 0.329 e. The lowest BCUT2D eigenvalue weighted by atomic mass is 10.2. The summed E-state index contributed by atoms with van der Waals surface area (Å²) in [4.78, 5) is 4.01. The molecule has 17 heavy (non-hydrogen) atoms. The van der Waals surface area contributed by atoms with Crippen molar-refractivity contribution in [2.24, 2.45) is 11.7 Å². The number of rotatable bonds is 5. The second kappa shape index (κ2) is 5.01. The Bertz CT molecular complexity index is 502. The van der Waals surface area contributed by atoms with E-state index < -0.39 is 10.0 Å². The molecule has 0 saturated heterocycles. The summed E-state index contributed by atoms with van der Waals surface area (Å²) in [5, 5.41) is 0. The van der Waals surface area contributed by atoms with E-state index in [9.17, 15) is 8.42 Å². The molecule has 2 rings (SSSR count). The van der Waals surface area contributed by atoms with Crippen LogP contribution in [0.2, 0.25) is 0 Å². The van der Waals surface area contributed by atoms with E-state index >= 15 is 0 Å². The molecule has 94 valence electrons. The maximum Gasteiger partial charge on any atom is 0.242 e. The lowest BCUT2D eigenvalue weighted by molar-refractivity contribution is 0.519. The van der Waals surface area contributed by atoms with Crippen molar-refractivity contribution in [1.29, 1.82) is 0 Å². The van der Waals surface area contributed by atoms with Crippen LogP contribution in [-0.2, 0) is 10.0 Å². The van der Waals surface area contributed by atoms with Gasteiger partial charge in [-0.05, 0) is 40.8 Å². The molecule has 1 aliphatic carbocycles. The van der Waals surface area contributed by atoms with Crippen molar-refractivity contribution in [3.05, 3.63) is 22.9 Å². The summed E-state index contributed by atoms with van der Waals surface area (Å²) in [5.41, 5.74) is 5.58. The molecule has 0 aliphatic heterocycles. The Labute approximate surface area is 109 Å². The highest BCUT2D eigenvalue weighted by Gasteiger charge is 2.33. The van der Waals surface area contributed by atoms with E-state index in [1.165, 1.54) is 12.3 Å². The summed E-state index contributed by atoms with van der Waals surface area (Å²) in [7, 11) is -3.52. The van der Waals surface area contributed by atoms with Gasteiger partial charge in [-0.1, -0.05) is 0 Å². The first kappa shape index (κ1) is 12.9. The maximum atomic E-state index is 12.1. The SMILES string of the molecule is NCC(NS(=O)(=O)c1cncc(Br)c1)C1CC1. The van der Waals surface area contributed by atoms with Crippen LogP contribution in [0.15, 0.2) is 27.8 Å². The fraction of sp³-hybridized carbons (Fsp3) is 0.500. The summed E-state index contributed by atoms with van der Waals surface area (Å²) < 4.78 is 27.4. The molecule has 1 heterocycles. The minimum atomic E-state index is -3.52. The molecule has 5 nitrogen and oxygen atoms in total. The zero-order valence-corrected chi connectivity index (χ0v) is 11.5. The van der Waals surface area contributed by atoms with Crippen molar-refractivity contribution < 1.29 is 8.42 Å². The standard InChI is InChI=1S/C10H14BrN3O2S/c11-8-3-9(6-13-5-8)17(15,16)14-10(4-12)7-1-2-7/h3,5-7,10,14H,1-2,4,12H2. The summed E-state index contributed by atoms with van der Waals surface area (Å²) in [6.07, 6.45) is 4.95. The normalized spacial score (nSPS) is 18.0. The fourth-order valence-electron chi connectivity index (χ4n) is 1.64. The zero-order chi connectivity index (χ0) is 12.5. The second-order valence-corrected chi connectivity index (χ2v) is 6.77. The van der Waals surface area contributed by atoms with Gasteiger partial charge in [0.05, 0.1) is 0 Å². The van der Waals surface area contributed by atoms with Crippen molar-refractivity contribution in [2.75, 3.05) is 6.54 Å². The van der Waals surface area contributed by atoms with Crippen molar-refractivity contribution in [3.63, 3.8) is 0 Å². The molecule has 0 aromatic carbocycles. The first-order valence-corrected chi connectivity index (χ1v) is 7.63. The van der Waals surface area contributed by atoms with E-state index in [0.29, 0.717) is 16.9 Å². The second-order valence-electron chi connectivity index (χ2n) is 4.14. The van der Waals surface area contributed by atoms with Crippen molar-refractivity contribution in [2.45, 2.75) is 23.8 Å². The molecule has 3 N–H and O–H groups in total. The van der Waals surface area contributed by atoms with Crippen LogP contribution in [0, 0.1) is 5.92 Å². The van der Waals surface area contributed by atoms with Gasteiger partial charge in [0.2, 0.25) is 10.0 Å². The summed E-state index contributed by atoms with van der Waals surface area (Å²) in [6.45, 7) is 0.325. The molecule has 1 fully saturated rings. The Kier molecular flexibility index (Phi) is 3.82. The van der Waals surface area contributed by atoms with Gasteiger partial charge in [0.1, 0.15) is 4.90 Å². The number of nitrogens with one attached hydrogen (secondary N) is 1. The highest BCUT2D eigenvalue weighted by atomic mass is 79.9. The van der Waals surface area contributed by atoms with E-state index in [1.54, 1.807) is 6.20 Å². The molecule has 7 heteroatoms. The summed E-state index contributed by atoms with van der Waals surface area (Å²) in [5.74, 6) is 0.384. The van der Waals surface area contributed by atoms with Crippen LogP contribution in [0.1, 0.15) is 12.8 Å². The number of pyridine rings is 1. The molecule has 1 saturated carbocycles. The molecule has 0 radical (unpaired) electrons. The van der Waals surface area contributed by atoms with Crippen LogP contribution in [0.5, 0.6) is 0 Å².